The fraction of sp³-hybridized carbons (Fsp3) is 0.941. The fourth-order valence-electron chi connectivity index (χ4n) is 3.54. The number of hydrogen-bond acceptors (Lipinski definition) is 2. The van der Waals surface area contributed by atoms with Crippen molar-refractivity contribution in [3.8, 4) is 0 Å². The van der Waals surface area contributed by atoms with Gasteiger partial charge in [-0.05, 0) is 44.7 Å². The van der Waals surface area contributed by atoms with Crippen molar-refractivity contribution in [1.29, 1.82) is 0 Å². The SMILES string of the molecule is CC1CCN(CCNC(=O)N(C)C2CCCCCC2)CC1. The summed E-state index contributed by atoms with van der Waals surface area (Å²) in [6.07, 6.45) is 10.2. The van der Waals surface area contributed by atoms with Gasteiger partial charge in [0.1, 0.15) is 0 Å². The van der Waals surface area contributed by atoms with Gasteiger partial charge < -0.3 is 15.1 Å². The van der Waals surface area contributed by atoms with Crippen LogP contribution in [-0.2, 0) is 0 Å². The van der Waals surface area contributed by atoms with Crippen molar-refractivity contribution >= 4 is 6.03 Å². The molecule has 0 radical (unpaired) electrons. The minimum atomic E-state index is 0.118. The smallest absolute Gasteiger partial charge is 0.317 e. The van der Waals surface area contributed by atoms with E-state index in [-0.39, 0.29) is 6.03 Å². The summed E-state index contributed by atoms with van der Waals surface area (Å²) in [6, 6.07) is 0.565. The summed E-state index contributed by atoms with van der Waals surface area (Å²) >= 11 is 0. The normalized spacial score (nSPS) is 22.8. The highest BCUT2D eigenvalue weighted by atomic mass is 16.2. The van der Waals surface area contributed by atoms with Crippen LogP contribution in [0, 0.1) is 5.92 Å². The first-order valence-electron chi connectivity index (χ1n) is 8.90. The first-order valence-corrected chi connectivity index (χ1v) is 8.90. The Bertz CT molecular complexity index is 305. The zero-order chi connectivity index (χ0) is 15.1. The quantitative estimate of drug-likeness (QED) is 0.809. The van der Waals surface area contributed by atoms with Gasteiger partial charge in [0, 0.05) is 26.2 Å². The van der Waals surface area contributed by atoms with Crippen LogP contribution in [0.3, 0.4) is 0 Å². The van der Waals surface area contributed by atoms with Gasteiger partial charge in [-0.15, -0.1) is 0 Å². The van der Waals surface area contributed by atoms with Crippen LogP contribution in [0.25, 0.3) is 0 Å². The fourth-order valence-corrected chi connectivity index (χ4v) is 3.54. The molecule has 1 saturated carbocycles. The highest BCUT2D eigenvalue weighted by Crippen LogP contribution is 2.21. The summed E-state index contributed by atoms with van der Waals surface area (Å²) in [4.78, 5) is 16.7. The zero-order valence-corrected chi connectivity index (χ0v) is 13.9. The Morgan fingerprint density at radius 3 is 2.33 bits per heavy atom. The summed E-state index contributed by atoms with van der Waals surface area (Å²) < 4.78 is 0. The number of hydrogen-bond donors (Lipinski definition) is 1. The predicted molar refractivity (Wildman–Crippen MR) is 87.5 cm³/mol. The van der Waals surface area contributed by atoms with E-state index in [1.807, 2.05) is 11.9 Å². The van der Waals surface area contributed by atoms with Crippen molar-refractivity contribution in [2.45, 2.75) is 64.3 Å². The molecule has 0 bridgehead atoms. The largest absolute Gasteiger partial charge is 0.337 e. The third kappa shape index (κ3) is 5.50. The van der Waals surface area contributed by atoms with Crippen LogP contribution in [0.2, 0.25) is 0 Å². The minimum absolute atomic E-state index is 0.118. The number of amides is 2. The van der Waals surface area contributed by atoms with Crippen LogP contribution < -0.4 is 5.32 Å². The maximum atomic E-state index is 12.2. The van der Waals surface area contributed by atoms with E-state index in [0.29, 0.717) is 6.04 Å². The van der Waals surface area contributed by atoms with Gasteiger partial charge in [0.05, 0.1) is 0 Å². The van der Waals surface area contributed by atoms with E-state index in [9.17, 15) is 4.79 Å². The molecule has 0 aromatic heterocycles. The lowest BCUT2D eigenvalue weighted by Crippen LogP contribution is -2.46. The second-order valence-electron chi connectivity index (χ2n) is 7.01. The van der Waals surface area contributed by atoms with Gasteiger partial charge in [0.15, 0.2) is 0 Å². The molecule has 2 fully saturated rings. The summed E-state index contributed by atoms with van der Waals surface area (Å²) in [5.74, 6) is 0.872. The van der Waals surface area contributed by atoms with E-state index in [2.05, 4.69) is 17.1 Å². The molecule has 2 amide bonds. The molecule has 0 spiro atoms. The number of likely N-dealkylation sites (tertiary alicyclic amines) is 1. The standard InChI is InChI=1S/C17H33N3O/c1-15-9-12-20(13-10-15)14-11-18-17(21)19(2)16-7-5-3-4-6-8-16/h15-16H,3-14H2,1-2H3,(H,18,21). The summed E-state index contributed by atoms with van der Waals surface area (Å²) in [5.41, 5.74) is 0. The topological polar surface area (TPSA) is 35.6 Å². The Balaban J connectivity index is 1.64. The van der Waals surface area contributed by atoms with Crippen LogP contribution >= 0.6 is 0 Å². The molecule has 21 heavy (non-hydrogen) atoms. The van der Waals surface area contributed by atoms with Crippen molar-refractivity contribution < 1.29 is 4.79 Å². The predicted octanol–water partition coefficient (Wildman–Crippen LogP) is 3.08. The molecule has 4 nitrogen and oxygen atoms in total. The molecule has 0 aromatic carbocycles. The van der Waals surface area contributed by atoms with E-state index in [4.69, 9.17) is 0 Å². The number of urea groups is 1. The van der Waals surface area contributed by atoms with Gasteiger partial charge in [-0.1, -0.05) is 32.6 Å². The molecular weight excluding hydrogens is 262 g/mol. The van der Waals surface area contributed by atoms with E-state index < -0.39 is 0 Å². The highest BCUT2D eigenvalue weighted by Gasteiger charge is 2.21. The summed E-state index contributed by atoms with van der Waals surface area (Å²) in [7, 11) is 1.97. The first kappa shape index (κ1) is 16.6. The second kappa shape index (κ2) is 8.62. The molecule has 1 heterocycles. The van der Waals surface area contributed by atoms with Crippen molar-refractivity contribution in [2.75, 3.05) is 33.2 Å². The molecule has 0 unspecified atom stereocenters. The highest BCUT2D eigenvalue weighted by molar-refractivity contribution is 5.74. The van der Waals surface area contributed by atoms with E-state index in [1.165, 1.54) is 64.5 Å². The molecular formula is C17H33N3O. The average Bonchev–Trinajstić information content (AvgIpc) is 2.77. The van der Waals surface area contributed by atoms with Crippen molar-refractivity contribution in [1.82, 2.24) is 15.1 Å². The van der Waals surface area contributed by atoms with Crippen LogP contribution in [-0.4, -0.2) is 55.1 Å². The second-order valence-corrected chi connectivity index (χ2v) is 7.01. The average molecular weight is 295 g/mol. The number of nitrogens with one attached hydrogen (secondary N) is 1. The number of rotatable bonds is 4. The third-order valence-electron chi connectivity index (χ3n) is 5.27. The van der Waals surface area contributed by atoms with E-state index in [0.717, 1.165) is 19.0 Å². The van der Waals surface area contributed by atoms with Crippen molar-refractivity contribution in [3.63, 3.8) is 0 Å². The van der Waals surface area contributed by atoms with Crippen LogP contribution in [0.15, 0.2) is 0 Å². The molecule has 1 N–H and O–H groups in total. The molecule has 2 rings (SSSR count). The lowest BCUT2D eigenvalue weighted by atomic mass is 9.99. The molecule has 1 aliphatic heterocycles. The lowest BCUT2D eigenvalue weighted by Gasteiger charge is -2.31. The monoisotopic (exact) mass is 295 g/mol. The third-order valence-corrected chi connectivity index (χ3v) is 5.27. The van der Waals surface area contributed by atoms with Gasteiger partial charge in [0.25, 0.3) is 0 Å². The Morgan fingerprint density at radius 2 is 1.71 bits per heavy atom. The molecule has 1 aliphatic carbocycles. The van der Waals surface area contributed by atoms with Gasteiger partial charge in [-0.2, -0.15) is 0 Å². The van der Waals surface area contributed by atoms with E-state index >= 15 is 0 Å². The van der Waals surface area contributed by atoms with E-state index in [1.54, 1.807) is 0 Å². The zero-order valence-electron chi connectivity index (χ0n) is 13.9. The Kier molecular flexibility index (Phi) is 6.81. The number of carbonyl (C=O) groups is 1. The Labute approximate surface area is 130 Å². The summed E-state index contributed by atoms with van der Waals surface area (Å²) in [5, 5.41) is 3.10. The minimum Gasteiger partial charge on any atom is -0.337 e. The van der Waals surface area contributed by atoms with Crippen LogP contribution in [0.5, 0.6) is 0 Å². The lowest BCUT2D eigenvalue weighted by molar-refractivity contribution is 0.173. The van der Waals surface area contributed by atoms with Crippen molar-refractivity contribution in [2.24, 2.45) is 5.92 Å². The first-order chi connectivity index (χ1) is 10.2. The van der Waals surface area contributed by atoms with Crippen molar-refractivity contribution in [3.05, 3.63) is 0 Å². The number of carbonyl (C=O) groups excluding carboxylic acids is 1. The molecule has 122 valence electrons. The van der Waals surface area contributed by atoms with Gasteiger partial charge in [0.2, 0.25) is 0 Å². The van der Waals surface area contributed by atoms with Crippen LogP contribution in [0.1, 0.15) is 58.3 Å². The van der Waals surface area contributed by atoms with Gasteiger partial charge >= 0.3 is 6.03 Å². The van der Waals surface area contributed by atoms with Gasteiger partial charge in [-0.25, -0.2) is 4.79 Å². The maximum absolute atomic E-state index is 12.2. The molecule has 0 aromatic rings. The molecule has 0 atom stereocenters. The molecule has 1 saturated heterocycles. The maximum Gasteiger partial charge on any atom is 0.317 e. The molecule has 2 aliphatic rings. The summed E-state index contributed by atoms with van der Waals surface area (Å²) in [6.45, 7) is 6.49. The Morgan fingerprint density at radius 1 is 1.10 bits per heavy atom. The Hall–Kier alpha value is -0.770. The van der Waals surface area contributed by atoms with Crippen LogP contribution in [0.4, 0.5) is 4.79 Å². The number of piperidine rings is 1. The molecule has 4 heteroatoms. The van der Waals surface area contributed by atoms with Gasteiger partial charge in [-0.3, -0.25) is 0 Å². The number of nitrogens with zero attached hydrogens (tertiary/aromatic N) is 2.